The van der Waals surface area contributed by atoms with E-state index in [1.807, 2.05) is 16.9 Å². The number of halogens is 4. The number of allylic oxidation sites excluding steroid dienone is 1. The predicted octanol–water partition coefficient (Wildman–Crippen LogP) is 8.84. The van der Waals surface area contributed by atoms with Crippen LogP contribution in [0.25, 0.3) is 16.6 Å². The molecule has 13 nitrogen and oxygen atoms in total. The summed E-state index contributed by atoms with van der Waals surface area (Å²) in [6.45, 7) is 7.38. The first-order valence-electron chi connectivity index (χ1n) is 19.3. The number of aromatic amines is 1. The number of ether oxygens (including phenoxy) is 1. The molecule has 3 heterocycles. The van der Waals surface area contributed by atoms with Crippen molar-refractivity contribution in [3.63, 3.8) is 0 Å². The molecule has 1 saturated heterocycles. The number of sulfonamides is 1. The second-order valence-corrected chi connectivity index (χ2v) is 17.8. The van der Waals surface area contributed by atoms with E-state index in [1.165, 1.54) is 29.0 Å². The Morgan fingerprint density at radius 1 is 1.03 bits per heavy atom. The zero-order chi connectivity index (χ0) is 42.8. The van der Waals surface area contributed by atoms with Gasteiger partial charge < -0.3 is 19.9 Å². The highest BCUT2D eigenvalue weighted by Crippen LogP contribution is 2.43. The van der Waals surface area contributed by atoms with Crippen molar-refractivity contribution in [2.24, 2.45) is 5.41 Å². The van der Waals surface area contributed by atoms with E-state index in [0.29, 0.717) is 29.8 Å². The minimum absolute atomic E-state index is 0.0345. The molecule has 1 aliphatic heterocycles. The Balaban J connectivity index is 1.11. The number of alkyl halides is 3. The number of rotatable bonds is 14. The molecular formula is C42H43ClF3N7O6S. The highest BCUT2D eigenvalue weighted by molar-refractivity contribution is 7.90. The minimum Gasteiger partial charge on any atom is -0.455 e. The van der Waals surface area contributed by atoms with Crippen LogP contribution in [0.15, 0.2) is 95.7 Å². The van der Waals surface area contributed by atoms with Crippen molar-refractivity contribution >= 4 is 61.2 Å². The zero-order valence-corrected chi connectivity index (χ0v) is 34.3. The molecule has 2 aliphatic rings. The van der Waals surface area contributed by atoms with Gasteiger partial charge in [-0.05, 0) is 84.3 Å². The molecule has 1 amide bonds. The van der Waals surface area contributed by atoms with Gasteiger partial charge in [-0.1, -0.05) is 43.2 Å². The molecule has 316 valence electrons. The van der Waals surface area contributed by atoms with Gasteiger partial charge in [0.25, 0.3) is 28.0 Å². The molecular weight excluding hydrogens is 823 g/mol. The molecule has 2 aromatic heterocycles. The Bertz CT molecular complexity index is 2540. The molecule has 0 spiro atoms. The number of nitrogens with zero attached hydrogens (tertiary/aromatic N) is 4. The van der Waals surface area contributed by atoms with Gasteiger partial charge in [0.15, 0.2) is 6.17 Å². The lowest BCUT2D eigenvalue weighted by molar-refractivity contribution is -0.384. The maximum absolute atomic E-state index is 13.8. The molecule has 1 fully saturated rings. The third-order valence-corrected chi connectivity index (χ3v) is 12.4. The van der Waals surface area contributed by atoms with E-state index in [1.54, 1.807) is 30.5 Å². The number of carbonyl (C=O) groups is 1. The van der Waals surface area contributed by atoms with Gasteiger partial charge in [0.05, 0.1) is 28.1 Å². The molecule has 18 heteroatoms. The van der Waals surface area contributed by atoms with Crippen molar-refractivity contribution < 1.29 is 36.0 Å². The standard InChI is InChI=1S/C42H43ClF3N7O6S/c1-42(2)13-11-28(34(22-42)26-3-5-29(43)6-4-26)25-51-15-17-52(18-16-51)30-7-9-33(38(20-30)59-31-19-27-12-14-47-40(27)49-23-31)41(54)50-60(57,58)32-8-10-36(37(21-32)53(55)56)48-24-35(44)39(45)46/h3-10,12,14,19-21,23,35,39,48H,11,13,15-18,22,24-25H2,1-2H3,(H,47,49)(H,50,54). The fraction of sp³-hybridized carbons (Fsp3) is 0.333. The summed E-state index contributed by atoms with van der Waals surface area (Å²) in [5.74, 6) is -0.769. The lowest BCUT2D eigenvalue weighted by Gasteiger charge is -2.39. The SMILES string of the molecule is CC1(C)CCC(CN2CCN(c3ccc(C(=O)NS(=O)(=O)c4ccc(NCC(F)C(F)F)c([N+](=O)[O-])c4)c(Oc4cnc5[nH]ccc5c4)c3)CC2)=C(c2ccc(Cl)cc2)C1. The molecule has 0 saturated carbocycles. The quantitative estimate of drug-likeness (QED) is 0.0726. The van der Waals surface area contributed by atoms with E-state index in [0.717, 1.165) is 62.1 Å². The second-order valence-electron chi connectivity index (χ2n) is 15.7. The van der Waals surface area contributed by atoms with Crippen molar-refractivity contribution in [1.82, 2.24) is 19.6 Å². The smallest absolute Gasteiger partial charge is 0.293 e. The topological polar surface area (TPSA) is 163 Å². The average Bonchev–Trinajstić information content (AvgIpc) is 3.69. The van der Waals surface area contributed by atoms with Crippen molar-refractivity contribution in [3.05, 3.63) is 117 Å². The predicted molar refractivity (Wildman–Crippen MR) is 224 cm³/mol. The maximum atomic E-state index is 13.8. The van der Waals surface area contributed by atoms with E-state index in [-0.39, 0.29) is 28.2 Å². The summed E-state index contributed by atoms with van der Waals surface area (Å²) in [5, 5.41) is 15.4. The molecule has 1 aliphatic carbocycles. The maximum Gasteiger partial charge on any atom is 0.293 e. The molecule has 60 heavy (non-hydrogen) atoms. The Morgan fingerprint density at radius 2 is 1.78 bits per heavy atom. The highest BCUT2D eigenvalue weighted by Gasteiger charge is 2.31. The van der Waals surface area contributed by atoms with Gasteiger partial charge in [-0.25, -0.2) is 31.3 Å². The summed E-state index contributed by atoms with van der Waals surface area (Å²) in [5.41, 5.74) is 4.20. The number of nitrogens with one attached hydrogen (secondary N) is 3. The molecule has 5 aromatic rings. The van der Waals surface area contributed by atoms with Crippen molar-refractivity contribution in [2.75, 3.05) is 49.5 Å². The first-order valence-corrected chi connectivity index (χ1v) is 21.1. The lowest BCUT2D eigenvalue weighted by Crippen LogP contribution is -2.47. The van der Waals surface area contributed by atoms with Gasteiger partial charge in [-0.15, -0.1) is 0 Å². The number of nitro benzene ring substituents is 1. The number of pyridine rings is 1. The largest absolute Gasteiger partial charge is 0.455 e. The number of piperazine rings is 1. The third kappa shape index (κ3) is 9.86. The summed E-state index contributed by atoms with van der Waals surface area (Å²) >= 11 is 6.21. The van der Waals surface area contributed by atoms with Crippen LogP contribution in [0.5, 0.6) is 11.5 Å². The van der Waals surface area contributed by atoms with E-state index < -0.39 is 50.6 Å². The van der Waals surface area contributed by atoms with Crippen LogP contribution in [0, 0.1) is 15.5 Å². The molecule has 0 radical (unpaired) electrons. The monoisotopic (exact) mass is 865 g/mol. The van der Waals surface area contributed by atoms with Crippen LogP contribution in [-0.2, 0) is 10.0 Å². The minimum atomic E-state index is -4.74. The number of H-pyrrole nitrogens is 1. The Labute approximate surface area is 349 Å². The van der Waals surface area contributed by atoms with Crippen LogP contribution < -0.4 is 19.7 Å². The van der Waals surface area contributed by atoms with E-state index >= 15 is 0 Å². The number of amides is 1. The number of nitro groups is 1. The Hall–Kier alpha value is -5.65. The normalized spacial score (nSPS) is 16.6. The van der Waals surface area contributed by atoms with Gasteiger partial charge in [0.2, 0.25) is 0 Å². The molecule has 3 N–H and O–H groups in total. The van der Waals surface area contributed by atoms with Crippen LogP contribution >= 0.6 is 11.6 Å². The van der Waals surface area contributed by atoms with Crippen LogP contribution in [0.1, 0.15) is 49.0 Å². The Morgan fingerprint density at radius 3 is 2.50 bits per heavy atom. The number of carbonyl (C=O) groups excluding carboxylic acids is 1. The fourth-order valence-electron chi connectivity index (χ4n) is 7.49. The number of hydrogen-bond donors (Lipinski definition) is 3. The zero-order valence-electron chi connectivity index (χ0n) is 32.8. The van der Waals surface area contributed by atoms with Gasteiger partial charge in [0, 0.05) is 67.1 Å². The molecule has 1 unspecified atom stereocenters. The number of benzene rings is 3. The summed E-state index contributed by atoms with van der Waals surface area (Å²) in [6.07, 6.45) is 0.327. The van der Waals surface area contributed by atoms with Crippen molar-refractivity contribution in [2.45, 2.75) is 50.6 Å². The first-order chi connectivity index (χ1) is 28.5. The van der Waals surface area contributed by atoms with Gasteiger partial charge in [-0.2, -0.15) is 0 Å². The van der Waals surface area contributed by atoms with Crippen LogP contribution in [0.4, 0.5) is 30.2 Å². The van der Waals surface area contributed by atoms with Crippen LogP contribution in [0.3, 0.4) is 0 Å². The summed E-state index contributed by atoms with van der Waals surface area (Å²) in [4.78, 5) is 35.9. The summed E-state index contributed by atoms with van der Waals surface area (Å²) in [6, 6.07) is 18.9. The molecule has 0 bridgehead atoms. The van der Waals surface area contributed by atoms with Gasteiger partial charge in [0.1, 0.15) is 22.8 Å². The lowest BCUT2D eigenvalue weighted by atomic mass is 9.72. The summed E-state index contributed by atoms with van der Waals surface area (Å²) in [7, 11) is -4.74. The number of anilines is 2. The number of hydrogen-bond acceptors (Lipinski definition) is 10. The van der Waals surface area contributed by atoms with E-state index in [9.17, 15) is 36.5 Å². The molecule has 1 atom stereocenters. The Kier molecular flexibility index (Phi) is 12.4. The summed E-state index contributed by atoms with van der Waals surface area (Å²) < 4.78 is 74.0. The molecule has 3 aromatic carbocycles. The third-order valence-electron chi connectivity index (χ3n) is 10.8. The second kappa shape index (κ2) is 17.5. The van der Waals surface area contributed by atoms with E-state index in [4.69, 9.17) is 16.3 Å². The molecule has 7 rings (SSSR count). The average molecular weight is 866 g/mol. The number of fused-ring (bicyclic) bond motifs is 1. The first kappa shape index (κ1) is 42.5. The van der Waals surface area contributed by atoms with Crippen LogP contribution in [-0.4, -0.2) is 86.0 Å². The van der Waals surface area contributed by atoms with Gasteiger partial charge in [-0.3, -0.25) is 19.8 Å². The van der Waals surface area contributed by atoms with Crippen molar-refractivity contribution in [1.29, 1.82) is 0 Å². The fourth-order valence-corrected chi connectivity index (χ4v) is 8.60. The van der Waals surface area contributed by atoms with E-state index in [2.05, 4.69) is 51.1 Å². The van der Waals surface area contributed by atoms with Crippen molar-refractivity contribution in [3.8, 4) is 11.5 Å². The number of aromatic nitrogens is 2. The van der Waals surface area contributed by atoms with Crippen LogP contribution in [0.2, 0.25) is 5.02 Å². The highest BCUT2D eigenvalue weighted by atomic mass is 35.5. The van der Waals surface area contributed by atoms with Gasteiger partial charge >= 0.3 is 0 Å².